The molecule has 1 saturated carbocycles. The van der Waals surface area contributed by atoms with Gasteiger partial charge in [0.15, 0.2) is 0 Å². The number of hydrogen-bond acceptors (Lipinski definition) is 4. The molecule has 1 aliphatic carbocycles. The van der Waals surface area contributed by atoms with Crippen LogP contribution < -0.4 is 9.62 Å². The van der Waals surface area contributed by atoms with Gasteiger partial charge in [0.2, 0.25) is 10.0 Å². The minimum atomic E-state index is -3.63. The number of ether oxygens (including phenoxy) is 1. The van der Waals surface area contributed by atoms with Gasteiger partial charge in [0, 0.05) is 30.0 Å². The van der Waals surface area contributed by atoms with E-state index in [1.807, 2.05) is 11.0 Å². The Bertz CT molecular complexity index is 693. The molecule has 23 heavy (non-hydrogen) atoms. The van der Waals surface area contributed by atoms with Gasteiger partial charge in [-0.25, -0.2) is 13.1 Å². The molecule has 0 amide bonds. The topological polar surface area (TPSA) is 58.6 Å². The average molecular weight is 444 g/mol. The lowest BCUT2D eigenvalue weighted by atomic mass is 10.2. The van der Waals surface area contributed by atoms with Gasteiger partial charge in [-0.15, -0.1) is 23.2 Å². The van der Waals surface area contributed by atoms with Crippen molar-refractivity contribution in [2.75, 3.05) is 37.7 Å². The highest BCUT2D eigenvalue weighted by Gasteiger charge is 2.51. The zero-order chi connectivity index (χ0) is 16.7. The van der Waals surface area contributed by atoms with E-state index < -0.39 is 14.4 Å². The van der Waals surface area contributed by atoms with E-state index in [2.05, 4.69) is 20.7 Å². The van der Waals surface area contributed by atoms with Crippen LogP contribution in [0.4, 0.5) is 5.69 Å². The molecule has 1 aliphatic heterocycles. The Morgan fingerprint density at radius 1 is 1.35 bits per heavy atom. The fraction of sp³-hybridized carbons (Fsp3) is 0.571. The summed E-state index contributed by atoms with van der Waals surface area (Å²) in [6, 6.07) is 5.16. The molecule has 1 unspecified atom stereocenters. The molecule has 128 valence electrons. The largest absolute Gasteiger partial charge is 0.378 e. The summed E-state index contributed by atoms with van der Waals surface area (Å²) in [4.78, 5) is 2.28. The summed E-state index contributed by atoms with van der Waals surface area (Å²) in [7, 11) is -3.63. The molecule has 5 nitrogen and oxygen atoms in total. The number of morpholine rings is 1. The lowest BCUT2D eigenvalue weighted by molar-refractivity contribution is 0.122. The average Bonchev–Trinajstić information content (AvgIpc) is 3.13. The third-order valence-corrected chi connectivity index (χ3v) is 6.93. The van der Waals surface area contributed by atoms with Crippen LogP contribution in [0.3, 0.4) is 0 Å². The van der Waals surface area contributed by atoms with E-state index in [1.165, 1.54) is 0 Å². The number of nitrogens with zero attached hydrogens (tertiary/aromatic N) is 1. The fourth-order valence-corrected chi connectivity index (χ4v) is 4.71. The Labute approximate surface area is 154 Å². The van der Waals surface area contributed by atoms with E-state index in [-0.39, 0.29) is 17.4 Å². The predicted octanol–water partition coefficient (Wildman–Crippen LogP) is 2.76. The van der Waals surface area contributed by atoms with Crippen LogP contribution in [0.5, 0.6) is 0 Å². The normalized spacial score (nSPS) is 23.8. The van der Waals surface area contributed by atoms with E-state index in [1.54, 1.807) is 12.1 Å². The molecular weight excluding hydrogens is 427 g/mol. The van der Waals surface area contributed by atoms with Crippen LogP contribution in [0.15, 0.2) is 27.6 Å². The van der Waals surface area contributed by atoms with Crippen LogP contribution in [0.25, 0.3) is 0 Å². The summed E-state index contributed by atoms with van der Waals surface area (Å²) < 4.78 is 33.4. The van der Waals surface area contributed by atoms with Gasteiger partial charge in [-0.2, -0.15) is 0 Å². The van der Waals surface area contributed by atoms with E-state index in [4.69, 9.17) is 27.9 Å². The Morgan fingerprint density at radius 2 is 2.00 bits per heavy atom. The van der Waals surface area contributed by atoms with Crippen LogP contribution in [0.1, 0.15) is 6.42 Å². The number of anilines is 1. The first-order valence-electron chi connectivity index (χ1n) is 7.29. The Balaban J connectivity index is 1.82. The molecular formula is C14H17BrCl2N2O3S. The molecule has 0 aromatic heterocycles. The molecule has 1 atom stereocenters. The molecule has 0 spiro atoms. The van der Waals surface area contributed by atoms with Gasteiger partial charge in [-0.1, -0.05) is 15.9 Å². The van der Waals surface area contributed by atoms with Gasteiger partial charge in [0.1, 0.15) is 9.23 Å². The molecule has 3 rings (SSSR count). The first-order chi connectivity index (χ1) is 10.8. The van der Waals surface area contributed by atoms with Gasteiger partial charge in [-0.3, -0.25) is 0 Å². The van der Waals surface area contributed by atoms with Crippen molar-refractivity contribution in [3.05, 3.63) is 22.7 Å². The zero-order valence-corrected chi connectivity index (χ0v) is 16.2. The molecule has 0 radical (unpaired) electrons. The van der Waals surface area contributed by atoms with E-state index in [0.29, 0.717) is 38.4 Å². The van der Waals surface area contributed by atoms with Crippen LogP contribution >= 0.6 is 39.1 Å². The second-order valence-corrected chi connectivity index (χ2v) is 9.92. The van der Waals surface area contributed by atoms with E-state index in [9.17, 15) is 8.42 Å². The van der Waals surface area contributed by atoms with Crippen LogP contribution in [0.2, 0.25) is 0 Å². The van der Waals surface area contributed by atoms with Crippen molar-refractivity contribution < 1.29 is 13.2 Å². The molecule has 2 fully saturated rings. The number of halogens is 3. The minimum Gasteiger partial charge on any atom is -0.378 e. The van der Waals surface area contributed by atoms with E-state index in [0.717, 1.165) is 4.47 Å². The number of benzene rings is 1. The Morgan fingerprint density at radius 3 is 2.61 bits per heavy atom. The number of alkyl halides is 2. The zero-order valence-electron chi connectivity index (χ0n) is 12.3. The van der Waals surface area contributed by atoms with Gasteiger partial charge in [0.05, 0.1) is 18.9 Å². The highest BCUT2D eigenvalue weighted by atomic mass is 79.9. The monoisotopic (exact) mass is 442 g/mol. The Hall–Kier alpha value is -0.0500. The standard InChI is InChI=1S/C14H17BrCl2N2O3S/c15-11-1-2-13(12(7-11)19-3-5-22-6-4-19)23(20,21)18-9-10-8-14(10,16)17/h1-2,7,10,18H,3-6,8-9H2. The lowest BCUT2D eigenvalue weighted by Gasteiger charge is -2.30. The van der Waals surface area contributed by atoms with Gasteiger partial charge in [-0.05, 0) is 24.6 Å². The molecule has 1 saturated heterocycles. The molecule has 1 N–H and O–H groups in total. The third kappa shape index (κ3) is 4.14. The summed E-state index contributed by atoms with van der Waals surface area (Å²) in [5, 5.41) is 0. The molecule has 9 heteroatoms. The minimum absolute atomic E-state index is 0.0390. The maximum Gasteiger partial charge on any atom is 0.242 e. The van der Waals surface area contributed by atoms with Crippen LogP contribution in [-0.2, 0) is 14.8 Å². The van der Waals surface area contributed by atoms with Crippen molar-refractivity contribution in [1.82, 2.24) is 4.72 Å². The maximum atomic E-state index is 12.7. The smallest absolute Gasteiger partial charge is 0.242 e. The molecule has 0 bridgehead atoms. The Kier molecular flexibility index (Phi) is 5.17. The van der Waals surface area contributed by atoms with Crippen LogP contribution in [-0.4, -0.2) is 45.6 Å². The first kappa shape index (κ1) is 17.8. The quantitative estimate of drug-likeness (QED) is 0.710. The van der Waals surface area contributed by atoms with Crippen molar-refractivity contribution in [1.29, 1.82) is 0 Å². The molecule has 1 aromatic carbocycles. The number of hydrogen-bond donors (Lipinski definition) is 1. The molecule has 1 heterocycles. The van der Waals surface area contributed by atoms with E-state index >= 15 is 0 Å². The lowest BCUT2D eigenvalue weighted by Crippen LogP contribution is -2.38. The summed E-state index contributed by atoms with van der Waals surface area (Å²) in [5.41, 5.74) is 0.675. The molecule has 2 aliphatic rings. The summed E-state index contributed by atoms with van der Waals surface area (Å²) in [6.07, 6.45) is 0.606. The van der Waals surface area contributed by atoms with Crippen molar-refractivity contribution in [2.24, 2.45) is 5.92 Å². The summed E-state index contributed by atoms with van der Waals surface area (Å²) >= 11 is 15.3. The van der Waals surface area contributed by atoms with Crippen LogP contribution in [0, 0.1) is 5.92 Å². The predicted molar refractivity (Wildman–Crippen MR) is 94.9 cm³/mol. The SMILES string of the molecule is O=S(=O)(NCC1CC1(Cl)Cl)c1ccc(Br)cc1N1CCOCC1. The highest BCUT2D eigenvalue weighted by molar-refractivity contribution is 9.10. The third-order valence-electron chi connectivity index (χ3n) is 4.04. The summed E-state index contributed by atoms with van der Waals surface area (Å²) in [5.74, 6) is -0.0390. The first-order valence-corrected chi connectivity index (χ1v) is 10.3. The highest BCUT2D eigenvalue weighted by Crippen LogP contribution is 2.52. The number of sulfonamides is 1. The number of rotatable bonds is 5. The second-order valence-electron chi connectivity index (χ2n) is 5.73. The van der Waals surface area contributed by atoms with Crippen molar-refractivity contribution in [3.8, 4) is 0 Å². The van der Waals surface area contributed by atoms with Gasteiger partial charge >= 0.3 is 0 Å². The van der Waals surface area contributed by atoms with Crippen molar-refractivity contribution >= 4 is 54.8 Å². The van der Waals surface area contributed by atoms with Crippen molar-refractivity contribution in [2.45, 2.75) is 15.6 Å². The fourth-order valence-electron chi connectivity index (χ4n) is 2.55. The number of nitrogens with one attached hydrogen (secondary N) is 1. The molecule has 1 aromatic rings. The van der Waals surface area contributed by atoms with Crippen molar-refractivity contribution in [3.63, 3.8) is 0 Å². The second kappa shape index (κ2) is 6.69. The maximum absolute atomic E-state index is 12.7. The summed E-state index contributed by atoms with van der Waals surface area (Å²) in [6.45, 7) is 2.74. The van der Waals surface area contributed by atoms with Gasteiger partial charge in [0.25, 0.3) is 0 Å². The van der Waals surface area contributed by atoms with Gasteiger partial charge < -0.3 is 9.64 Å².